The van der Waals surface area contributed by atoms with Crippen molar-refractivity contribution < 1.29 is 19.5 Å². The number of benzene rings is 2. The van der Waals surface area contributed by atoms with Gasteiger partial charge in [0.05, 0.1) is 18.7 Å². The molecule has 0 atom stereocenters. The summed E-state index contributed by atoms with van der Waals surface area (Å²) in [4.78, 5) is 34.1. The van der Waals surface area contributed by atoms with Crippen molar-refractivity contribution in [2.24, 2.45) is 5.10 Å². The fourth-order valence-electron chi connectivity index (χ4n) is 1.79. The fraction of sp³-hybridized carbons (Fsp3) is 0.0588. The van der Waals surface area contributed by atoms with Crippen LogP contribution >= 0.6 is 11.6 Å². The van der Waals surface area contributed by atoms with Gasteiger partial charge in [-0.2, -0.15) is 5.10 Å². The Morgan fingerprint density at radius 2 is 1.60 bits per heavy atom. The molecule has 0 aliphatic rings. The first-order valence-corrected chi connectivity index (χ1v) is 7.50. The molecular weight excluding hydrogens is 346 g/mol. The lowest BCUT2D eigenvalue weighted by Gasteiger charge is -2.04. The quantitative estimate of drug-likeness (QED) is 0.581. The molecule has 2 aromatic carbocycles. The number of carbonyl (C=O) groups excluding carboxylic acids is 3. The number of carboxylic acid groups (broad SMARTS) is 1. The fourth-order valence-corrected chi connectivity index (χ4v) is 1.91. The van der Waals surface area contributed by atoms with Gasteiger partial charge < -0.3 is 15.2 Å². The standard InChI is InChI=1S/C17H14ClN3O4/c18-14-7-5-12(6-8-14)16(23)19-10-15(22)21-20-9-11-1-3-13(4-2-11)17(24)25/h1-9H,10H2,(H,19,23)(H,21,22)(H,24,25)/p-1. The molecule has 2 amide bonds. The Morgan fingerprint density at radius 1 is 1.00 bits per heavy atom. The normalized spacial score (nSPS) is 10.4. The molecular formula is C17H13ClN3O4-. The number of carboxylic acids is 1. The zero-order valence-corrected chi connectivity index (χ0v) is 13.6. The highest BCUT2D eigenvalue weighted by atomic mass is 35.5. The highest BCUT2D eigenvalue weighted by molar-refractivity contribution is 6.30. The Bertz CT molecular complexity index is 802. The molecule has 2 N–H and O–H groups in total. The summed E-state index contributed by atoms with van der Waals surface area (Å²) in [6.07, 6.45) is 1.35. The second-order valence-electron chi connectivity index (χ2n) is 4.89. The summed E-state index contributed by atoms with van der Waals surface area (Å²) < 4.78 is 0. The average molecular weight is 359 g/mol. The largest absolute Gasteiger partial charge is 0.545 e. The molecule has 0 saturated carbocycles. The second-order valence-corrected chi connectivity index (χ2v) is 5.33. The minimum atomic E-state index is -1.27. The molecule has 2 rings (SSSR count). The van der Waals surface area contributed by atoms with E-state index in [9.17, 15) is 19.5 Å². The Morgan fingerprint density at radius 3 is 2.20 bits per heavy atom. The molecule has 0 aliphatic carbocycles. The molecule has 7 nitrogen and oxygen atoms in total. The van der Waals surface area contributed by atoms with Crippen molar-refractivity contribution in [3.63, 3.8) is 0 Å². The van der Waals surface area contributed by atoms with E-state index in [0.717, 1.165) is 0 Å². The van der Waals surface area contributed by atoms with E-state index in [4.69, 9.17) is 11.6 Å². The van der Waals surface area contributed by atoms with Gasteiger partial charge in [-0.25, -0.2) is 5.43 Å². The van der Waals surface area contributed by atoms with Crippen molar-refractivity contribution in [2.45, 2.75) is 0 Å². The number of nitrogens with zero attached hydrogens (tertiary/aromatic N) is 1. The van der Waals surface area contributed by atoms with Crippen molar-refractivity contribution >= 4 is 35.6 Å². The number of amides is 2. The first-order valence-electron chi connectivity index (χ1n) is 7.13. The minimum Gasteiger partial charge on any atom is -0.545 e. The topological polar surface area (TPSA) is 111 Å². The van der Waals surface area contributed by atoms with Gasteiger partial charge in [-0.1, -0.05) is 35.9 Å². The van der Waals surface area contributed by atoms with Gasteiger partial charge in [0.15, 0.2) is 0 Å². The third-order valence-corrected chi connectivity index (χ3v) is 3.32. The van der Waals surface area contributed by atoms with Crippen molar-refractivity contribution in [1.29, 1.82) is 0 Å². The molecule has 8 heteroatoms. The van der Waals surface area contributed by atoms with Crippen molar-refractivity contribution in [1.82, 2.24) is 10.7 Å². The number of nitrogens with one attached hydrogen (secondary N) is 2. The Balaban J connectivity index is 1.79. The van der Waals surface area contributed by atoms with Crippen LogP contribution in [0.15, 0.2) is 53.6 Å². The van der Waals surface area contributed by atoms with Crippen LogP contribution < -0.4 is 15.8 Å². The maximum absolute atomic E-state index is 11.8. The van der Waals surface area contributed by atoms with Gasteiger partial charge in [0.1, 0.15) is 0 Å². The first-order chi connectivity index (χ1) is 12.0. The molecule has 0 heterocycles. The van der Waals surface area contributed by atoms with E-state index < -0.39 is 17.8 Å². The van der Waals surface area contributed by atoms with E-state index in [1.807, 2.05) is 0 Å². The molecule has 25 heavy (non-hydrogen) atoms. The van der Waals surface area contributed by atoms with Gasteiger partial charge in [-0.3, -0.25) is 9.59 Å². The summed E-state index contributed by atoms with van der Waals surface area (Å²) in [5.74, 6) is -2.19. The number of hydrazone groups is 1. The number of hydrogen-bond acceptors (Lipinski definition) is 5. The monoisotopic (exact) mass is 358 g/mol. The molecule has 0 fully saturated rings. The summed E-state index contributed by atoms with van der Waals surface area (Å²) in [6, 6.07) is 12.0. The van der Waals surface area contributed by atoms with Crippen molar-refractivity contribution in [3.05, 3.63) is 70.2 Å². The van der Waals surface area contributed by atoms with Crippen LogP contribution in [-0.4, -0.2) is 30.5 Å². The summed E-state index contributed by atoms with van der Waals surface area (Å²) >= 11 is 5.73. The lowest BCUT2D eigenvalue weighted by atomic mass is 10.1. The van der Waals surface area contributed by atoms with E-state index in [1.165, 1.54) is 30.5 Å². The number of rotatable bonds is 6. The van der Waals surface area contributed by atoms with Crippen LogP contribution in [0.4, 0.5) is 0 Å². The number of hydrogen-bond donors (Lipinski definition) is 2. The van der Waals surface area contributed by atoms with Crippen LogP contribution in [0.1, 0.15) is 26.3 Å². The minimum absolute atomic E-state index is 0.0473. The predicted octanol–water partition coefficient (Wildman–Crippen LogP) is 0.584. The van der Waals surface area contributed by atoms with Crippen LogP contribution in [0, 0.1) is 0 Å². The van der Waals surface area contributed by atoms with Crippen LogP contribution in [0.3, 0.4) is 0 Å². The Kier molecular flexibility index (Phi) is 6.25. The van der Waals surface area contributed by atoms with Gasteiger partial charge in [0.2, 0.25) is 0 Å². The predicted molar refractivity (Wildman–Crippen MR) is 90.3 cm³/mol. The zero-order chi connectivity index (χ0) is 18.2. The molecule has 0 spiro atoms. The third-order valence-electron chi connectivity index (χ3n) is 3.07. The number of aromatic carboxylic acids is 1. The van der Waals surface area contributed by atoms with Crippen molar-refractivity contribution in [2.75, 3.05) is 6.54 Å². The highest BCUT2D eigenvalue weighted by Crippen LogP contribution is 2.09. The SMILES string of the molecule is O=C(CNC(=O)c1ccc(Cl)cc1)NN=Cc1ccc(C(=O)[O-])cc1. The molecule has 0 saturated heterocycles. The van der Waals surface area contributed by atoms with Gasteiger partial charge in [-0.05, 0) is 35.4 Å². The summed E-state index contributed by atoms with van der Waals surface area (Å²) in [7, 11) is 0. The van der Waals surface area contributed by atoms with E-state index in [2.05, 4.69) is 15.8 Å². The zero-order valence-electron chi connectivity index (χ0n) is 12.9. The maximum atomic E-state index is 11.8. The average Bonchev–Trinajstić information content (AvgIpc) is 2.60. The summed E-state index contributed by atoms with van der Waals surface area (Å²) in [6.45, 7) is -0.248. The van der Waals surface area contributed by atoms with Crippen LogP contribution in [0.2, 0.25) is 5.02 Å². The van der Waals surface area contributed by atoms with E-state index >= 15 is 0 Å². The van der Waals surface area contributed by atoms with Gasteiger partial charge >= 0.3 is 0 Å². The second kappa shape index (κ2) is 8.60. The molecule has 2 aromatic rings. The third kappa shape index (κ3) is 5.74. The van der Waals surface area contributed by atoms with Gasteiger partial charge in [0.25, 0.3) is 11.8 Å². The van der Waals surface area contributed by atoms with Crippen LogP contribution in [0.25, 0.3) is 0 Å². The van der Waals surface area contributed by atoms with Gasteiger partial charge in [-0.15, -0.1) is 0 Å². The van der Waals surface area contributed by atoms with Crippen molar-refractivity contribution in [3.8, 4) is 0 Å². The lowest BCUT2D eigenvalue weighted by molar-refractivity contribution is -0.255. The van der Waals surface area contributed by atoms with E-state index in [-0.39, 0.29) is 12.1 Å². The summed E-state index contributed by atoms with van der Waals surface area (Å²) in [5, 5.41) is 17.3. The maximum Gasteiger partial charge on any atom is 0.259 e. The molecule has 128 valence electrons. The van der Waals surface area contributed by atoms with E-state index in [1.54, 1.807) is 24.3 Å². The Labute approximate surface area is 148 Å². The van der Waals surface area contributed by atoms with Crippen LogP contribution in [-0.2, 0) is 4.79 Å². The van der Waals surface area contributed by atoms with Gasteiger partial charge in [0, 0.05) is 10.6 Å². The molecule has 0 unspecified atom stereocenters. The Hall–Kier alpha value is -3.19. The number of halogens is 1. The molecule has 0 aliphatic heterocycles. The van der Waals surface area contributed by atoms with E-state index in [0.29, 0.717) is 16.1 Å². The molecule has 0 aromatic heterocycles. The number of carbonyl (C=O) groups is 3. The van der Waals surface area contributed by atoms with Crippen LogP contribution in [0.5, 0.6) is 0 Å². The first kappa shape index (κ1) is 18.2. The lowest BCUT2D eigenvalue weighted by Crippen LogP contribution is -2.34. The smallest absolute Gasteiger partial charge is 0.259 e. The molecule has 0 bridgehead atoms. The highest BCUT2D eigenvalue weighted by Gasteiger charge is 2.07. The molecule has 0 radical (unpaired) electrons. The summed E-state index contributed by atoms with van der Waals surface area (Å²) in [5.41, 5.74) is 3.27.